The van der Waals surface area contributed by atoms with Crippen molar-refractivity contribution in [2.45, 2.75) is 70.4 Å². The van der Waals surface area contributed by atoms with E-state index in [9.17, 15) is 14.7 Å². The Morgan fingerprint density at radius 3 is 2.19 bits per heavy atom. The fourth-order valence-corrected chi connectivity index (χ4v) is 6.47. The minimum absolute atomic E-state index is 0.0111. The number of aliphatic carboxylic acids is 1. The van der Waals surface area contributed by atoms with Gasteiger partial charge in [-0.15, -0.1) is 0 Å². The first-order valence-corrected chi connectivity index (χ1v) is 13.3. The highest BCUT2D eigenvalue weighted by molar-refractivity contribution is 5.79. The number of rotatable bonds is 10. The third-order valence-corrected chi connectivity index (χ3v) is 8.64. The molecule has 2 saturated carbocycles. The van der Waals surface area contributed by atoms with Crippen molar-refractivity contribution in [3.63, 3.8) is 0 Å². The highest BCUT2D eigenvalue weighted by Crippen LogP contribution is 2.60. The van der Waals surface area contributed by atoms with Gasteiger partial charge < -0.3 is 19.9 Å². The molecule has 36 heavy (non-hydrogen) atoms. The molecule has 2 fully saturated rings. The van der Waals surface area contributed by atoms with Crippen LogP contribution in [-0.2, 0) is 14.3 Å². The summed E-state index contributed by atoms with van der Waals surface area (Å²) in [6, 6.07) is 16.2. The third kappa shape index (κ3) is 5.01. The summed E-state index contributed by atoms with van der Waals surface area (Å²) >= 11 is 0. The smallest absolute Gasteiger partial charge is 0.407 e. The number of ether oxygens (including phenoxy) is 2. The topological polar surface area (TPSA) is 84.9 Å². The SMILES string of the molecule is CC(CO[C@H](CC1CC2(CCC2)C1)[C@@H](C)C(=O)O)NC(=O)OCC1c2ccccc2-c2ccccc21. The van der Waals surface area contributed by atoms with E-state index in [0.29, 0.717) is 11.3 Å². The Hall–Kier alpha value is -2.86. The Labute approximate surface area is 213 Å². The zero-order valence-corrected chi connectivity index (χ0v) is 21.2. The standard InChI is InChI=1S/C30H37NO5/c1-19(17-35-27(20(2)28(32)33)14-21-15-30(16-21)12-7-13-30)31-29(34)36-18-26-24-10-5-3-8-22(24)23-9-4-6-11-25(23)26/h3-6,8-11,19-21,26-27H,7,12-18H2,1-2H3,(H,31,34)(H,32,33)/t19?,20-,27-/m1/s1. The highest BCUT2D eigenvalue weighted by atomic mass is 16.5. The second kappa shape index (κ2) is 10.3. The Morgan fingerprint density at radius 1 is 1.03 bits per heavy atom. The van der Waals surface area contributed by atoms with E-state index < -0.39 is 18.0 Å². The third-order valence-electron chi connectivity index (χ3n) is 8.64. The van der Waals surface area contributed by atoms with Crippen LogP contribution in [0.4, 0.5) is 4.79 Å². The van der Waals surface area contributed by atoms with Crippen molar-refractivity contribution >= 4 is 12.1 Å². The molecule has 6 nitrogen and oxygen atoms in total. The van der Waals surface area contributed by atoms with Gasteiger partial charge in [-0.3, -0.25) is 4.79 Å². The molecule has 1 spiro atoms. The Kier molecular flexibility index (Phi) is 7.07. The Bertz CT molecular complexity index is 1060. The van der Waals surface area contributed by atoms with E-state index in [1.807, 2.05) is 31.2 Å². The number of fused-ring (bicyclic) bond motifs is 3. The van der Waals surface area contributed by atoms with Crippen LogP contribution >= 0.6 is 0 Å². The van der Waals surface area contributed by atoms with Crippen LogP contribution < -0.4 is 5.32 Å². The molecule has 1 unspecified atom stereocenters. The molecule has 5 rings (SSSR count). The van der Waals surface area contributed by atoms with Gasteiger partial charge in [-0.05, 0) is 79.5 Å². The maximum Gasteiger partial charge on any atom is 0.407 e. The molecule has 2 aromatic carbocycles. The summed E-state index contributed by atoms with van der Waals surface area (Å²) in [5, 5.41) is 12.4. The monoisotopic (exact) mass is 491 g/mol. The van der Waals surface area contributed by atoms with Gasteiger partial charge in [0.2, 0.25) is 0 Å². The van der Waals surface area contributed by atoms with E-state index in [1.54, 1.807) is 6.92 Å². The summed E-state index contributed by atoms with van der Waals surface area (Å²) in [4.78, 5) is 24.2. The number of alkyl carbamates (subject to hydrolysis) is 1. The first-order chi connectivity index (χ1) is 17.3. The zero-order valence-electron chi connectivity index (χ0n) is 21.2. The molecule has 0 aromatic heterocycles. The minimum atomic E-state index is -0.838. The number of amides is 1. The van der Waals surface area contributed by atoms with Crippen molar-refractivity contribution in [1.29, 1.82) is 0 Å². The van der Waals surface area contributed by atoms with Gasteiger partial charge in [0.05, 0.1) is 24.7 Å². The van der Waals surface area contributed by atoms with Crippen LogP contribution in [0.25, 0.3) is 11.1 Å². The lowest BCUT2D eigenvalue weighted by atomic mass is 9.51. The van der Waals surface area contributed by atoms with Crippen molar-refractivity contribution in [1.82, 2.24) is 5.32 Å². The number of carboxylic acid groups (broad SMARTS) is 1. The largest absolute Gasteiger partial charge is 0.481 e. The Morgan fingerprint density at radius 2 is 1.64 bits per heavy atom. The van der Waals surface area contributed by atoms with E-state index in [2.05, 4.69) is 29.6 Å². The second-order valence-corrected chi connectivity index (χ2v) is 11.2. The molecule has 0 heterocycles. The number of carboxylic acids is 1. The lowest BCUT2D eigenvalue weighted by Crippen LogP contribution is -2.45. The molecule has 3 aliphatic rings. The van der Waals surface area contributed by atoms with Gasteiger partial charge in [-0.1, -0.05) is 55.0 Å². The van der Waals surface area contributed by atoms with Crippen molar-refractivity contribution in [3.05, 3.63) is 59.7 Å². The lowest BCUT2D eigenvalue weighted by Gasteiger charge is -2.55. The van der Waals surface area contributed by atoms with Crippen molar-refractivity contribution in [2.24, 2.45) is 17.3 Å². The minimum Gasteiger partial charge on any atom is -0.481 e. The summed E-state index contributed by atoms with van der Waals surface area (Å²) in [5.41, 5.74) is 5.29. The fraction of sp³-hybridized carbons (Fsp3) is 0.533. The molecule has 6 heteroatoms. The second-order valence-electron chi connectivity index (χ2n) is 11.2. The summed E-state index contributed by atoms with van der Waals surface area (Å²) in [6.45, 7) is 4.09. The van der Waals surface area contributed by atoms with Crippen molar-refractivity contribution in [2.75, 3.05) is 13.2 Å². The van der Waals surface area contributed by atoms with Gasteiger partial charge in [0.15, 0.2) is 0 Å². The van der Waals surface area contributed by atoms with Crippen LogP contribution in [0.5, 0.6) is 0 Å². The fourth-order valence-electron chi connectivity index (χ4n) is 6.47. The van der Waals surface area contributed by atoms with Gasteiger partial charge in [0.25, 0.3) is 0 Å². The first-order valence-electron chi connectivity index (χ1n) is 13.3. The van der Waals surface area contributed by atoms with Gasteiger partial charge in [-0.2, -0.15) is 0 Å². The van der Waals surface area contributed by atoms with Crippen LogP contribution in [0.2, 0.25) is 0 Å². The van der Waals surface area contributed by atoms with E-state index in [4.69, 9.17) is 9.47 Å². The van der Waals surface area contributed by atoms with Gasteiger partial charge >= 0.3 is 12.1 Å². The number of nitrogens with one attached hydrogen (secondary N) is 1. The molecule has 192 valence electrons. The van der Waals surface area contributed by atoms with Crippen molar-refractivity contribution < 1.29 is 24.2 Å². The highest BCUT2D eigenvalue weighted by Gasteiger charge is 2.48. The average Bonchev–Trinajstić information content (AvgIpc) is 3.13. The van der Waals surface area contributed by atoms with Gasteiger partial charge in [0, 0.05) is 5.92 Å². The molecular formula is C30H37NO5. The molecule has 0 saturated heterocycles. The van der Waals surface area contributed by atoms with Crippen molar-refractivity contribution in [3.8, 4) is 11.1 Å². The number of carbonyl (C=O) groups excluding carboxylic acids is 1. The zero-order chi connectivity index (χ0) is 25.3. The number of hydrogen-bond donors (Lipinski definition) is 2. The summed E-state index contributed by atoms with van der Waals surface area (Å²) in [6.07, 6.45) is 6.32. The van der Waals surface area contributed by atoms with Gasteiger partial charge in [-0.25, -0.2) is 4.79 Å². The van der Waals surface area contributed by atoms with Crippen LogP contribution in [0, 0.1) is 17.3 Å². The first kappa shape index (κ1) is 24.8. The Balaban J connectivity index is 1.11. The lowest BCUT2D eigenvalue weighted by molar-refractivity contribution is -0.149. The maximum atomic E-state index is 12.6. The average molecular weight is 492 g/mol. The van der Waals surface area contributed by atoms with E-state index in [-0.39, 0.29) is 31.3 Å². The van der Waals surface area contributed by atoms with E-state index >= 15 is 0 Å². The number of hydrogen-bond acceptors (Lipinski definition) is 4. The normalized spacial score (nSPS) is 20.4. The van der Waals surface area contributed by atoms with Crippen LogP contribution in [0.1, 0.15) is 69.4 Å². The summed E-state index contributed by atoms with van der Waals surface area (Å²) < 4.78 is 11.7. The molecule has 0 aliphatic heterocycles. The molecule has 0 radical (unpaired) electrons. The molecule has 3 aliphatic carbocycles. The van der Waals surface area contributed by atoms with E-state index in [0.717, 1.165) is 6.42 Å². The number of benzene rings is 2. The quantitative estimate of drug-likeness (QED) is 0.426. The summed E-state index contributed by atoms with van der Waals surface area (Å²) in [5.74, 6) is -0.862. The van der Waals surface area contributed by atoms with Gasteiger partial charge in [0.1, 0.15) is 6.61 Å². The molecule has 3 atom stereocenters. The maximum absolute atomic E-state index is 12.6. The molecular weight excluding hydrogens is 454 g/mol. The molecule has 1 amide bonds. The van der Waals surface area contributed by atoms with Crippen LogP contribution in [-0.4, -0.2) is 42.5 Å². The molecule has 2 N–H and O–H groups in total. The predicted molar refractivity (Wildman–Crippen MR) is 138 cm³/mol. The number of carbonyl (C=O) groups is 2. The van der Waals surface area contributed by atoms with Crippen LogP contribution in [0.15, 0.2) is 48.5 Å². The van der Waals surface area contributed by atoms with Crippen LogP contribution in [0.3, 0.4) is 0 Å². The molecule has 0 bridgehead atoms. The molecule has 2 aromatic rings. The predicted octanol–water partition coefficient (Wildman–Crippen LogP) is 5.99. The van der Waals surface area contributed by atoms with E-state index in [1.165, 1.54) is 54.4 Å². The summed E-state index contributed by atoms with van der Waals surface area (Å²) in [7, 11) is 0.